The van der Waals surface area contributed by atoms with E-state index in [1.165, 1.54) is 11.0 Å². The number of sulfonamides is 1. The van der Waals surface area contributed by atoms with E-state index in [2.05, 4.69) is 0 Å². The summed E-state index contributed by atoms with van der Waals surface area (Å²) in [6.45, 7) is 1.90. The largest absolute Gasteiger partial charge is 0.417 e. The van der Waals surface area contributed by atoms with Gasteiger partial charge in [-0.2, -0.15) is 17.5 Å². The molecule has 1 heterocycles. The number of alkyl halides is 3. The van der Waals surface area contributed by atoms with Gasteiger partial charge in [-0.25, -0.2) is 8.42 Å². The Morgan fingerprint density at radius 1 is 0.929 bits per heavy atom. The van der Waals surface area contributed by atoms with Crippen LogP contribution in [0.1, 0.15) is 21.5 Å². The first kappa shape index (κ1) is 20.3. The second kappa shape index (κ2) is 7.56. The number of rotatable bonds is 3. The second-order valence-corrected chi connectivity index (χ2v) is 8.41. The molecule has 2 aromatic carbocycles. The van der Waals surface area contributed by atoms with Crippen molar-refractivity contribution in [3.05, 3.63) is 65.2 Å². The molecule has 0 N–H and O–H groups in total. The lowest BCUT2D eigenvalue weighted by Gasteiger charge is -2.34. The normalized spacial score (nSPS) is 16.2. The van der Waals surface area contributed by atoms with Crippen molar-refractivity contribution in [2.24, 2.45) is 0 Å². The van der Waals surface area contributed by atoms with Crippen LogP contribution in [0.15, 0.2) is 53.4 Å². The predicted octanol–water partition coefficient (Wildman–Crippen LogP) is 3.16. The van der Waals surface area contributed by atoms with Crippen LogP contribution >= 0.6 is 0 Å². The van der Waals surface area contributed by atoms with Gasteiger partial charge in [-0.15, -0.1) is 0 Å². The summed E-state index contributed by atoms with van der Waals surface area (Å²) in [5.41, 5.74) is 0.149. The minimum Gasteiger partial charge on any atom is -0.336 e. The lowest BCUT2D eigenvalue weighted by Crippen LogP contribution is -2.50. The summed E-state index contributed by atoms with van der Waals surface area (Å²) in [5, 5.41) is 0. The highest BCUT2D eigenvalue weighted by Crippen LogP contribution is 2.35. The van der Waals surface area contributed by atoms with E-state index in [-0.39, 0.29) is 32.1 Å². The number of aryl methyl sites for hydroxylation is 1. The molecule has 0 bridgehead atoms. The van der Waals surface area contributed by atoms with Crippen LogP contribution < -0.4 is 0 Å². The molecule has 0 unspecified atom stereocenters. The Morgan fingerprint density at radius 3 is 2.11 bits per heavy atom. The van der Waals surface area contributed by atoms with Crippen molar-refractivity contribution in [2.75, 3.05) is 26.2 Å². The van der Waals surface area contributed by atoms with Gasteiger partial charge < -0.3 is 4.90 Å². The van der Waals surface area contributed by atoms with Crippen molar-refractivity contribution in [1.29, 1.82) is 0 Å². The standard InChI is InChI=1S/C19H19F3N2O3S/c1-14-6-2-3-7-15(14)18(25)23-10-12-24(13-11-23)28(26,27)17-9-5-4-8-16(17)19(20,21)22/h2-9H,10-13H2,1H3. The fourth-order valence-electron chi connectivity index (χ4n) is 3.18. The van der Waals surface area contributed by atoms with Gasteiger partial charge in [0.2, 0.25) is 10.0 Å². The molecule has 1 fully saturated rings. The van der Waals surface area contributed by atoms with Crippen LogP contribution in [0, 0.1) is 6.92 Å². The quantitative estimate of drug-likeness (QED) is 0.778. The van der Waals surface area contributed by atoms with Crippen LogP contribution in [0.4, 0.5) is 13.2 Å². The van der Waals surface area contributed by atoms with E-state index >= 15 is 0 Å². The van der Waals surface area contributed by atoms with Gasteiger partial charge in [-0.05, 0) is 30.7 Å². The van der Waals surface area contributed by atoms with Crippen molar-refractivity contribution >= 4 is 15.9 Å². The third-order valence-electron chi connectivity index (χ3n) is 4.71. The molecule has 0 aromatic heterocycles. The Labute approximate surface area is 161 Å². The Morgan fingerprint density at radius 2 is 1.50 bits per heavy atom. The number of amides is 1. The molecule has 1 aliphatic rings. The van der Waals surface area contributed by atoms with E-state index in [9.17, 15) is 26.4 Å². The van der Waals surface area contributed by atoms with E-state index in [4.69, 9.17) is 0 Å². The predicted molar refractivity (Wildman–Crippen MR) is 97.3 cm³/mol. The van der Waals surface area contributed by atoms with E-state index in [1.54, 1.807) is 12.1 Å². The number of benzene rings is 2. The average Bonchev–Trinajstić information content (AvgIpc) is 2.67. The maximum absolute atomic E-state index is 13.2. The Bertz CT molecular complexity index is 982. The average molecular weight is 412 g/mol. The first-order chi connectivity index (χ1) is 13.1. The summed E-state index contributed by atoms with van der Waals surface area (Å²) in [5.74, 6) is -0.217. The van der Waals surface area contributed by atoms with Gasteiger partial charge in [0.1, 0.15) is 0 Å². The van der Waals surface area contributed by atoms with Crippen LogP contribution in [-0.2, 0) is 16.2 Å². The number of hydrogen-bond donors (Lipinski definition) is 0. The summed E-state index contributed by atoms with van der Waals surface area (Å²) in [7, 11) is -4.32. The molecule has 2 aromatic rings. The third-order valence-corrected chi connectivity index (χ3v) is 6.67. The summed E-state index contributed by atoms with van der Waals surface area (Å²) >= 11 is 0. The minimum atomic E-state index is -4.77. The molecular formula is C19H19F3N2O3S. The van der Waals surface area contributed by atoms with Gasteiger partial charge in [0.05, 0.1) is 10.5 Å². The molecule has 0 atom stereocenters. The number of piperazine rings is 1. The molecule has 28 heavy (non-hydrogen) atoms. The highest BCUT2D eigenvalue weighted by Gasteiger charge is 2.39. The van der Waals surface area contributed by atoms with Gasteiger partial charge in [-0.1, -0.05) is 30.3 Å². The summed E-state index contributed by atoms with van der Waals surface area (Å²) in [6, 6.07) is 11.2. The van der Waals surface area contributed by atoms with Crippen molar-refractivity contribution in [2.45, 2.75) is 18.0 Å². The zero-order valence-corrected chi connectivity index (χ0v) is 15.9. The van der Waals surface area contributed by atoms with Gasteiger partial charge in [0.15, 0.2) is 0 Å². The molecule has 0 aliphatic carbocycles. The molecule has 150 valence electrons. The topological polar surface area (TPSA) is 57.7 Å². The Hall–Kier alpha value is -2.39. The molecule has 3 rings (SSSR count). The lowest BCUT2D eigenvalue weighted by atomic mass is 10.1. The van der Waals surface area contributed by atoms with Crippen LogP contribution in [0.5, 0.6) is 0 Å². The zero-order valence-electron chi connectivity index (χ0n) is 15.1. The fourth-order valence-corrected chi connectivity index (χ4v) is 4.81. The van der Waals surface area contributed by atoms with Crippen molar-refractivity contribution in [1.82, 2.24) is 9.21 Å². The van der Waals surface area contributed by atoms with Crippen LogP contribution in [0.2, 0.25) is 0 Å². The monoisotopic (exact) mass is 412 g/mol. The number of halogens is 3. The maximum atomic E-state index is 13.2. The maximum Gasteiger partial charge on any atom is 0.417 e. The summed E-state index contributed by atoms with van der Waals surface area (Å²) < 4.78 is 66.2. The van der Waals surface area contributed by atoms with E-state index in [1.807, 2.05) is 19.1 Å². The number of carbonyl (C=O) groups is 1. The van der Waals surface area contributed by atoms with E-state index < -0.39 is 26.7 Å². The molecule has 1 saturated heterocycles. The van der Waals surface area contributed by atoms with Crippen LogP contribution in [-0.4, -0.2) is 49.7 Å². The molecule has 1 amide bonds. The smallest absolute Gasteiger partial charge is 0.336 e. The molecule has 0 saturated carbocycles. The first-order valence-corrected chi connectivity index (χ1v) is 10.1. The minimum absolute atomic E-state index is 0.0633. The molecular weight excluding hydrogens is 393 g/mol. The van der Waals surface area contributed by atoms with Crippen molar-refractivity contribution < 1.29 is 26.4 Å². The van der Waals surface area contributed by atoms with Crippen LogP contribution in [0.3, 0.4) is 0 Å². The molecule has 0 spiro atoms. The first-order valence-electron chi connectivity index (χ1n) is 8.63. The summed E-state index contributed by atoms with van der Waals surface area (Å²) in [4.78, 5) is 13.4. The highest BCUT2D eigenvalue weighted by molar-refractivity contribution is 7.89. The molecule has 0 radical (unpaired) electrons. The number of nitrogens with zero attached hydrogens (tertiary/aromatic N) is 2. The Kier molecular flexibility index (Phi) is 5.49. The fraction of sp³-hybridized carbons (Fsp3) is 0.316. The Balaban J connectivity index is 1.78. The van der Waals surface area contributed by atoms with E-state index in [0.29, 0.717) is 5.56 Å². The molecule has 5 nitrogen and oxygen atoms in total. The summed E-state index contributed by atoms with van der Waals surface area (Å²) in [6.07, 6.45) is -4.77. The zero-order chi connectivity index (χ0) is 20.5. The third kappa shape index (κ3) is 3.90. The van der Waals surface area contributed by atoms with Gasteiger partial charge in [-0.3, -0.25) is 4.79 Å². The van der Waals surface area contributed by atoms with Gasteiger partial charge in [0, 0.05) is 31.7 Å². The molecule has 9 heteroatoms. The number of hydrogen-bond acceptors (Lipinski definition) is 3. The highest BCUT2D eigenvalue weighted by atomic mass is 32.2. The van der Waals surface area contributed by atoms with Crippen LogP contribution in [0.25, 0.3) is 0 Å². The lowest BCUT2D eigenvalue weighted by molar-refractivity contribution is -0.139. The number of carbonyl (C=O) groups excluding carboxylic acids is 1. The van der Waals surface area contributed by atoms with Gasteiger partial charge in [0.25, 0.3) is 5.91 Å². The van der Waals surface area contributed by atoms with Gasteiger partial charge >= 0.3 is 6.18 Å². The SMILES string of the molecule is Cc1ccccc1C(=O)N1CCN(S(=O)(=O)c2ccccc2C(F)(F)F)CC1. The van der Waals surface area contributed by atoms with Crippen molar-refractivity contribution in [3.8, 4) is 0 Å². The van der Waals surface area contributed by atoms with E-state index in [0.717, 1.165) is 28.1 Å². The van der Waals surface area contributed by atoms with Crippen molar-refractivity contribution in [3.63, 3.8) is 0 Å². The second-order valence-electron chi connectivity index (χ2n) is 6.51. The molecule has 1 aliphatic heterocycles.